The quantitative estimate of drug-likeness (QED) is 0.775. The second-order valence-corrected chi connectivity index (χ2v) is 4.95. The molecule has 0 saturated heterocycles. The van der Waals surface area contributed by atoms with Crippen LogP contribution in [0.2, 0.25) is 0 Å². The van der Waals surface area contributed by atoms with E-state index in [2.05, 4.69) is 6.92 Å². The van der Waals surface area contributed by atoms with Crippen molar-refractivity contribution in [1.82, 2.24) is 0 Å². The molecular formula is C18H18FNO. The fourth-order valence-corrected chi connectivity index (χ4v) is 2.09. The Hall–Kier alpha value is -2.34. The molecule has 0 heterocycles. The highest BCUT2D eigenvalue weighted by atomic mass is 19.1. The number of nitriles is 1. The van der Waals surface area contributed by atoms with Gasteiger partial charge in [0.1, 0.15) is 18.2 Å². The first-order chi connectivity index (χ1) is 10.2. The topological polar surface area (TPSA) is 33.0 Å². The zero-order valence-corrected chi connectivity index (χ0v) is 12.1. The number of ether oxygens (including phenoxy) is 1. The third-order valence-corrected chi connectivity index (χ3v) is 3.32. The van der Waals surface area contributed by atoms with Crippen LogP contribution < -0.4 is 4.74 Å². The van der Waals surface area contributed by atoms with Gasteiger partial charge in [0.2, 0.25) is 0 Å². The summed E-state index contributed by atoms with van der Waals surface area (Å²) in [4.78, 5) is 0. The molecule has 0 radical (unpaired) electrons. The minimum Gasteiger partial charge on any atom is -0.489 e. The lowest BCUT2D eigenvalue weighted by Crippen LogP contribution is -1.99. The highest BCUT2D eigenvalue weighted by Crippen LogP contribution is 2.17. The minimum atomic E-state index is -0.359. The van der Waals surface area contributed by atoms with Gasteiger partial charge in [0.15, 0.2) is 0 Å². The van der Waals surface area contributed by atoms with Crippen LogP contribution in [0.4, 0.5) is 4.39 Å². The summed E-state index contributed by atoms with van der Waals surface area (Å²) in [5, 5.41) is 9.00. The maximum Gasteiger partial charge on any atom is 0.123 e. The molecule has 0 saturated carbocycles. The van der Waals surface area contributed by atoms with Crippen LogP contribution >= 0.6 is 0 Å². The molecule has 0 aliphatic rings. The number of halogens is 1. The van der Waals surface area contributed by atoms with E-state index in [0.29, 0.717) is 11.1 Å². The summed E-state index contributed by atoms with van der Waals surface area (Å²) in [7, 11) is 0. The van der Waals surface area contributed by atoms with E-state index in [9.17, 15) is 4.39 Å². The van der Waals surface area contributed by atoms with E-state index in [4.69, 9.17) is 10.00 Å². The SMILES string of the molecule is CCCCc1ccc(OCc2cc(F)ccc2C#N)cc1. The van der Waals surface area contributed by atoms with Crippen LogP contribution in [-0.2, 0) is 13.0 Å². The predicted octanol–water partition coefficient (Wildman–Crippen LogP) is 4.62. The molecule has 2 rings (SSSR count). The van der Waals surface area contributed by atoms with Gasteiger partial charge in [-0.25, -0.2) is 4.39 Å². The number of benzene rings is 2. The fourth-order valence-electron chi connectivity index (χ4n) is 2.09. The van der Waals surface area contributed by atoms with Gasteiger partial charge in [-0.1, -0.05) is 25.5 Å². The molecule has 21 heavy (non-hydrogen) atoms. The molecule has 0 amide bonds. The molecule has 2 aromatic carbocycles. The lowest BCUT2D eigenvalue weighted by molar-refractivity contribution is 0.305. The summed E-state index contributed by atoms with van der Waals surface area (Å²) < 4.78 is 18.8. The van der Waals surface area contributed by atoms with E-state index in [1.54, 1.807) is 0 Å². The average molecular weight is 283 g/mol. The van der Waals surface area contributed by atoms with Crippen molar-refractivity contribution in [2.45, 2.75) is 32.8 Å². The molecule has 0 aliphatic heterocycles. The maximum atomic E-state index is 13.2. The molecule has 0 N–H and O–H groups in total. The molecule has 0 fully saturated rings. The lowest BCUT2D eigenvalue weighted by Gasteiger charge is -2.08. The van der Waals surface area contributed by atoms with Crippen LogP contribution in [0.5, 0.6) is 5.75 Å². The molecule has 2 nitrogen and oxygen atoms in total. The van der Waals surface area contributed by atoms with Crippen LogP contribution in [-0.4, -0.2) is 0 Å². The van der Waals surface area contributed by atoms with Gasteiger partial charge in [0.05, 0.1) is 11.6 Å². The molecule has 108 valence electrons. The van der Waals surface area contributed by atoms with Gasteiger partial charge in [-0.05, 0) is 48.7 Å². The standard InChI is InChI=1S/C18H18FNO/c1-2-3-4-14-5-9-18(10-6-14)21-13-16-11-17(19)8-7-15(16)12-20/h5-11H,2-4,13H2,1H3. The molecule has 0 aromatic heterocycles. The van der Waals surface area contributed by atoms with Gasteiger partial charge < -0.3 is 4.74 Å². The lowest BCUT2D eigenvalue weighted by atomic mass is 10.1. The second-order valence-electron chi connectivity index (χ2n) is 4.95. The van der Waals surface area contributed by atoms with Crippen molar-refractivity contribution < 1.29 is 9.13 Å². The van der Waals surface area contributed by atoms with Crippen molar-refractivity contribution in [3.05, 3.63) is 65.0 Å². The predicted molar refractivity (Wildman–Crippen MR) is 80.5 cm³/mol. The first-order valence-electron chi connectivity index (χ1n) is 7.13. The first kappa shape index (κ1) is 15.1. The summed E-state index contributed by atoms with van der Waals surface area (Å²) in [5.74, 6) is 0.367. The third kappa shape index (κ3) is 4.32. The molecular weight excluding hydrogens is 265 g/mol. The van der Waals surface area contributed by atoms with Gasteiger partial charge in [-0.2, -0.15) is 5.26 Å². The van der Waals surface area contributed by atoms with Gasteiger partial charge in [0, 0.05) is 5.56 Å². The summed E-state index contributed by atoms with van der Waals surface area (Å²) in [6, 6.07) is 14.1. The summed E-state index contributed by atoms with van der Waals surface area (Å²) in [5.41, 5.74) is 2.29. The Bertz CT molecular complexity index is 629. The Labute approximate surface area is 124 Å². The number of nitrogens with zero attached hydrogens (tertiary/aromatic N) is 1. The van der Waals surface area contributed by atoms with Crippen molar-refractivity contribution in [2.75, 3.05) is 0 Å². The smallest absolute Gasteiger partial charge is 0.123 e. The summed E-state index contributed by atoms with van der Waals surface area (Å²) in [6.07, 6.45) is 3.42. The van der Waals surface area contributed by atoms with Crippen molar-refractivity contribution in [3.8, 4) is 11.8 Å². The Morgan fingerprint density at radius 1 is 1.14 bits per heavy atom. The molecule has 0 unspecified atom stereocenters. The summed E-state index contributed by atoms with van der Waals surface area (Å²) in [6.45, 7) is 2.36. The van der Waals surface area contributed by atoms with Crippen molar-refractivity contribution in [2.24, 2.45) is 0 Å². The zero-order valence-electron chi connectivity index (χ0n) is 12.1. The van der Waals surface area contributed by atoms with Gasteiger partial charge in [-0.3, -0.25) is 0 Å². The van der Waals surface area contributed by atoms with Gasteiger partial charge in [0.25, 0.3) is 0 Å². The molecule has 3 heteroatoms. The number of aryl methyl sites for hydroxylation is 1. The van der Waals surface area contributed by atoms with Gasteiger partial charge in [-0.15, -0.1) is 0 Å². The highest BCUT2D eigenvalue weighted by molar-refractivity contribution is 5.38. The summed E-state index contributed by atoms with van der Waals surface area (Å²) >= 11 is 0. The second kappa shape index (κ2) is 7.44. The Morgan fingerprint density at radius 2 is 1.90 bits per heavy atom. The largest absolute Gasteiger partial charge is 0.489 e. The van der Waals surface area contributed by atoms with Crippen LogP contribution in [0.25, 0.3) is 0 Å². The first-order valence-corrected chi connectivity index (χ1v) is 7.13. The fraction of sp³-hybridized carbons (Fsp3) is 0.278. The van der Waals surface area contributed by atoms with Crippen molar-refractivity contribution >= 4 is 0 Å². The maximum absolute atomic E-state index is 13.2. The van der Waals surface area contributed by atoms with E-state index in [1.807, 2.05) is 30.3 Å². The van der Waals surface area contributed by atoms with Gasteiger partial charge >= 0.3 is 0 Å². The van der Waals surface area contributed by atoms with Crippen molar-refractivity contribution in [3.63, 3.8) is 0 Å². The highest BCUT2D eigenvalue weighted by Gasteiger charge is 2.05. The van der Waals surface area contributed by atoms with Crippen LogP contribution in [0.1, 0.15) is 36.5 Å². The number of hydrogen-bond acceptors (Lipinski definition) is 2. The van der Waals surface area contributed by atoms with Crippen LogP contribution in [0.3, 0.4) is 0 Å². The van der Waals surface area contributed by atoms with E-state index < -0.39 is 0 Å². The Morgan fingerprint density at radius 3 is 2.57 bits per heavy atom. The molecule has 0 atom stereocenters. The number of hydrogen-bond donors (Lipinski definition) is 0. The Kier molecular flexibility index (Phi) is 5.34. The van der Waals surface area contributed by atoms with E-state index in [1.165, 1.54) is 36.6 Å². The zero-order chi connectivity index (χ0) is 15.1. The van der Waals surface area contributed by atoms with E-state index >= 15 is 0 Å². The van der Waals surface area contributed by atoms with Crippen LogP contribution in [0.15, 0.2) is 42.5 Å². The van der Waals surface area contributed by atoms with E-state index in [-0.39, 0.29) is 12.4 Å². The number of unbranched alkanes of at least 4 members (excludes halogenated alkanes) is 1. The molecule has 2 aromatic rings. The normalized spacial score (nSPS) is 10.1. The number of rotatable bonds is 6. The van der Waals surface area contributed by atoms with Crippen molar-refractivity contribution in [1.29, 1.82) is 5.26 Å². The van der Waals surface area contributed by atoms with Crippen LogP contribution in [0, 0.1) is 17.1 Å². The monoisotopic (exact) mass is 283 g/mol. The van der Waals surface area contributed by atoms with E-state index in [0.717, 1.165) is 12.2 Å². The molecule has 0 bridgehead atoms. The third-order valence-electron chi connectivity index (χ3n) is 3.32. The molecule has 0 aliphatic carbocycles. The minimum absolute atomic E-state index is 0.189. The molecule has 0 spiro atoms. The Balaban J connectivity index is 2.00. The average Bonchev–Trinajstić information content (AvgIpc) is 2.52.